The van der Waals surface area contributed by atoms with Gasteiger partial charge in [-0.15, -0.1) is 0 Å². The van der Waals surface area contributed by atoms with Gasteiger partial charge in [-0.3, -0.25) is 0 Å². The number of sulfonamides is 1. The third kappa shape index (κ3) is 3.46. The summed E-state index contributed by atoms with van der Waals surface area (Å²) in [5, 5.41) is 0.493. The summed E-state index contributed by atoms with van der Waals surface area (Å²) in [5.41, 5.74) is 7.52. The van der Waals surface area contributed by atoms with E-state index in [1.165, 1.54) is 0 Å². The average Bonchev–Trinajstić information content (AvgIpc) is 2.42. The first-order valence-corrected chi connectivity index (χ1v) is 9.67. The smallest absolute Gasteiger partial charge is 0.240 e. The van der Waals surface area contributed by atoms with Crippen LogP contribution in [0.25, 0.3) is 0 Å². The van der Waals surface area contributed by atoms with Crippen LogP contribution in [0, 0.1) is 0 Å². The maximum Gasteiger partial charge on any atom is 0.240 e. The summed E-state index contributed by atoms with van der Waals surface area (Å²) >= 11 is 1.94. The Kier molecular flexibility index (Phi) is 5.06. The Morgan fingerprint density at radius 2 is 2.14 bits per heavy atom. The monoisotopic (exact) mass is 329 g/mol. The summed E-state index contributed by atoms with van der Waals surface area (Å²) in [7, 11) is -3.46. The number of rotatable bonds is 4. The van der Waals surface area contributed by atoms with Gasteiger partial charge in [0.05, 0.1) is 16.3 Å². The first-order chi connectivity index (χ1) is 9.86. The van der Waals surface area contributed by atoms with Crippen molar-refractivity contribution in [2.75, 3.05) is 29.5 Å². The Bertz CT molecular complexity index is 604. The van der Waals surface area contributed by atoms with Crippen molar-refractivity contribution in [3.8, 4) is 0 Å². The van der Waals surface area contributed by atoms with Crippen LogP contribution in [0.3, 0.4) is 0 Å². The molecule has 1 heterocycles. The van der Waals surface area contributed by atoms with E-state index in [0.29, 0.717) is 23.5 Å². The third-order valence-electron chi connectivity index (χ3n) is 3.84. The van der Waals surface area contributed by atoms with Crippen molar-refractivity contribution < 1.29 is 8.42 Å². The Hall–Kier alpha value is -0.920. The number of nitrogens with two attached hydrogens (primary N) is 1. The second kappa shape index (κ2) is 6.46. The zero-order chi connectivity index (χ0) is 15.6. The van der Waals surface area contributed by atoms with Crippen molar-refractivity contribution in [3.63, 3.8) is 0 Å². The average molecular weight is 329 g/mol. The molecule has 3 N–H and O–H groups in total. The Morgan fingerprint density at radius 3 is 2.81 bits per heavy atom. The van der Waals surface area contributed by atoms with Gasteiger partial charge >= 0.3 is 0 Å². The van der Waals surface area contributed by atoms with Gasteiger partial charge in [-0.1, -0.05) is 13.8 Å². The molecule has 0 amide bonds. The molecule has 2 rings (SSSR count). The van der Waals surface area contributed by atoms with E-state index in [9.17, 15) is 8.42 Å². The Morgan fingerprint density at radius 1 is 1.43 bits per heavy atom. The van der Waals surface area contributed by atoms with Gasteiger partial charge in [0.2, 0.25) is 10.0 Å². The van der Waals surface area contributed by atoms with Crippen LogP contribution in [0.4, 0.5) is 11.4 Å². The molecule has 1 aromatic rings. The van der Waals surface area contributed by atoms with Crippen molar-refractivity contribution in [1.82, 2.24) is 4.72 Å². The summed E-state index contributed by atoms with van der Waals surface area (Å²) in [6.45, 7) is 7.36. The number of hydrogen-bond donors (Lipinski definition) is 2. The van der Waals surface area contributed by atoms with E-state index in [2.05, 4.69) is 23.5 Å². The van der Waals surface area contributed by atoms with Crippen LogP contribution in [0.1, 0.15) is 20.8 Å². The molecule has 0 radical (unpaired) electrons. The molecule has 1 saturated heterocycles. The number of hydrogen-bond acceptors (Lipinski definition) is 5. The first-order valence-electron chi connectivity index (χ1n) is 7.14. The van der Waals surface area contributed by atoms with E-state index in [0.717, 1.165) is 18.0 Å². The van der Waals surface area contributed by atoms with E-state index in [-0.39, 0.29) is 4.90 Å². The van der Waals surface area contributed by atoms with Crippen LogP contribution in [0.2, 0.25) is 0 Å². The molecule has 21 heavy (non-hydrogen) atoms. The molecule has 1 fully saturated rings. The van der Waals surface area contributed by atoms with Gasteiger partial charge in [0, 0.05) is 30.1 Å². The maximum atomic E-state index is 12.1. The van der Waals surface area contributed by atoms with E-state index in [4.69, 9.17) is 5.73 Å². The van der Waals surface area contributed by atoms with Crippen molar-refractivity contribution in [2.24, 2.45) is 0 Å². The second-order valence-corrected chi connectivity index (χ2v) is 8.48. The van der Waals surface area contributed by atoms with Crippen molar-refractivity contribution in [2.45, 2.75) is 37.0 Å². The van der Waals surface area contributed by atoms with Crippen LogP contribution < -0.4 is 15.4 Å². The topological polar surface area (TPSA) is 75.4 Å². The fourth-order valence-electron chi connectivity index (χ4n) is 2.49. The van der Waals surface area contributed by atoms with Crippen LogP contribution >= 0.6 is 11.8 Å². The summed E-state index contributed by atoms with van der Waals surface area (Å²) < 4.78 is 26.8. The Labute approximate surface area is 131 Å². The molecule has 1 aromatic carbocycles. The number of nitrogen functional groups attached to an aromatic ring is 1. The zero-order valence-electron chi connectivity index (χ0n) is 12.7. The minimum Gasteiger partial charge on any atom is -0.397 e. The normalized spacial score (nSPS) is 23.3. The maximum absolute atomic E-state index is 12.1. The van der Waals surface area contributed by atoms with E-state index in [1.807, 2.05) is 11.8 Å². The summed E-state index contributed by atoms with van der Waals surface area (Å²) in [6, 6.07) is 5.25. The highest BCUT2D eigenvalue weighted by molar-refractivity contribution is 8.00. The standard InChI is InChI=1S/C14H23N3O2S2/c1-4-16-21(18,19)12-5-6-13(15)14(9-12)17-7-8-20-11(3)10(17)2/h5-6,9-11,16H,4,7-8,15H2,1-3H3. The van der Waals surface area contributed by atoms with Gasteiger partial charge in [0.1, 0.15) is 0 Å². The Balaban J connectivity index is 2.40. The molecule has 0 aromatic heterocycles. The van der Waals surface area contributed by atoms with Crippen LogP contribution in [0.5, 0.6) is 0 Å². The third-order valence-corrected chi connectivity index (χ3v) is 6.72. The van der Waals surface area contributed by atoms with Crippen LogP contribution in [-0.4, -0.2) is 38.6 Å². The van der Waals surface area contributed by atoms with Gasteiger partial charge in [-0.2, -0.15) is 11.8 Å². The van der Waals surface area contributed by atoms with Gasteiger partial charge in [0.15, 0.2) is 0 Å². The number of thioether (sulfide) groups is 1. The van der Waals surface area contributed by atoms with Gasteiger partial charge in [-0.25, -0.2) is 13.1 Å². The first kappa shape index (κ1) is 16.5. The van der Waals surface area contributed by atoms with Gasteiger partial charge in [0.25, 0.3) is 0 Å². The van der Waals surface area contributed by atoms with Gasteiger partial charge < -0.3 is 10.6 Å². The van der Waals surface area contributed by atoms with E-state index >= 15 is 0 Å². The van der Waals surface area contributed by atoms with Crippen LogP contribution in [0.15, 0.2) is 23.1 Å². The number of nitrogens with zero attached hydrogens (tertiary/aromatic N) is 1. The molecule has 5 nitrogen and oxygen atoms in total. The predicted octanol–water partition coefficient (Wildman–Crippen LogP) is 1.90. The fraction of sp³-hybridized carbons (Fsp3) is 0.571. The SMILES string of the molecule is CCNS(=O)(=O)c1ccc(N)c(N2CCSC(C)C2C)c1. The highest BCUT2D eigenvalue weighted by Gasteiger charge is 2.27. The summed E-state index contributed by atoms with van der Waals surface area (Å²) in [6.07, 6.45) is 0. The molecule has 118 valence electrons. The quantitative estimate of drug-likeness (QED) is 0.825. The molecule has 0 bridgehead atoms. The number of anilines is 2. The highest BCUT2D eigenvalue weighted by atomic mass is 32.2. The minimum atomic E-state index is -3.46. The van der Waals surface area contributed by atoms with Crippen molar-refractivity contribution in [3.05, 3.63) is 18.2 Å². The molecule has 1 aliphatic heterocycles. The molecule has 0 spiro atoms. The highest BCUT2D eigenvalue weighted by Crippen LogP contribution is 2.33. The molecular weight excluding hydrogens is 306 g/mol. The zero-order valence-corrected chi connectivity index (χ0v) is 14.3. The number of nitrogens with one attached hydrogen (secondary N) is 1. The fourth-order valence-corrected chi connectivity index (χ4v) is 4.65. The molecule has 0 aliphatic carbocycles. The lowest BCUT2D eigenvalue weighted by atomic mass is 10.1. The minimum absolute atomic E-state index is 0.270. The summed E-state index contributed by atoms with van der Waals surface area (Å²) in [5.74, 6) is 1.02. The molecule has 0 saturated carbocycles. The second-order valence-electron chi connectivity index (χ2n) is 5.23. The van der Waals surface area contributed by atoms with Gasteiger partial charge in [-0.05, 0) is 25.1 Å². The predicted molar refractivity (Wildman–Crippen MR) is 90.4 cm³/mol. The van der Waals surface area contributed by atoms with E-state index < -0.39 is 10.0 Å². The van der Waals surface area contributed by atoms with Crippen LogP contribution in [-0.2, 0) is 10.0 Å². The lowest BCUT2D eigenvalue weighted by Gasteiger charge is -2.39. The molecular formula is C14H23N3O2S2. The largest absolute Gasteiger partial charge is 0.397 e. The molecule has 1 aliphatic rings. The van der Waals surface area contributed by atoms with Crippen molar-refractivity contribution in [1.29, 1.82) is 0 Å². The molecule has 7 heteroatoms. The lowest BCUT2D eigenvalue weighted by Crippen LogP contribution is -2.45. The summed E-state index contributed by atoms with van der Waals surface area (Å²) in [4.78, 5) is 2.48. The lowest BCUT2D eigenvalue weighted by molar-refractivity contribution is 0.583. The number of benzene rings is 1. The van der Waals surface area contributed by atoms with E-state index in [1.54, 1.807) is 25.1 Å². The molecule has 2 atom stereocenters. The van der Waals surface area contributed by atoms with Crippen molar-refractivity contribution >= 4 is 33.2 Å². The molecule has 2 unspecified atom stereocenters.